The topological polar surface area (TPSA) is 121 Å². The van der Waals surface area contributed by atoms with Crippen LogP contribution in [0, 0.1) is 11.6 Å². The first-order valence-corrected chi connectivity index (χ1v) is 12.3. The van der Waals surface area contributed by atoms with Crippen LogP contribution in [0.2, 0.25) is 0 Å². The first-order valence-electron chi connectivity index (χ1n) is 12.3. The average Bonchev–Trinajstić information content (AvgIpc) is 3.32. The van der Waals surface area contributed by atoms with Gasteiger partial charge in [-0.15, -0.1) is 10.2 Å². The number of nitrogens with one attached hydrogen (secondary N) is 2. The number of aromatic amines is 1. The van der Waals surface area contributed by atoms with Gasteiger partial charge in [0.05, 0.1) is 6.42 Å². The molecule has 0 aliphatic heterocycles. The molecule has 3 N–H and O–H groups in total. The van der Waals surface area contributed by atoms with E-state index < -0.39 is 17.2 Å². The SMILES string of the molecule is CCCCc1[nH]c(=O)c(-c2nnc(Cc3ccc(F)c(F)c3)o2)c(O)c1-c1cccc(C(=O)NC(C)C)c1. The molecule has 2 aromatic carbocycles. The van der Waals surface area contributed by atoms with Crippen LogP contribution in [-0.4, -0.2) is 32.2 Å². The van der Waals surface area contributed by atoms with E-state index in [9.17, 15) is 23.5 Å². The van der Waals surface area contributed by atoms with Gasteiger partial charge in [0.1, 0.15) is 11.3 Å². The first kappa shape index (κ1) is 26.7. The summed E-state index contributed by atoms with van der Waals surface area (Å²) in [5.41, 5.74) is 1.36. The normalized spacial score (nSPS) is 11.2. The number of unbranched alkanes of at least 4 members (excludes halogenated alkanes) is 1. The number of carbonyl (C=O) groups excluding carboxylic acids is 1. The number of hydrogen-bond acceptors (Lipinski definition) is 6. The molecule has 4 rings (SSSR count). The Labute approximate surface area is 217 Å². The second-order valence-electron chi connectivity index (χ2n) is 9.27. The number of benzene rings is 2. The van der Waals surface area contributed by atoms with Crippen molar-refractivity contribution in [2.75, 3.05) is 0 Å². The molecule has 0 aliphatic rings. The van der Waals surface area contributed by atoms with E-state index in [0.717, 1.165) is 25.0 Å². The molecular weight excluding hydrogens is 494 g/mol. The quantitative estimate of drug-likeness (QED) is 0.280. The van der Waals surface area contributed by atoms with E-state index in [4.69, 9.17) is 4.42 Å². The Morgan fingerprint density at radius 1 is 1.11 bits per heavy atom. The average molecular weight is 523 g/mol. The number of aryl methyl sites for hydroxylation is 1. The number of amides is 1. The summed E-state index contributed by atoms with van der Waals surface area (Å²) in [5.74, 6) is -2.78. The van der Waals surface area contributed by atoms with Crippen LogP contribution in [0.1, 0.15) is 61.1 Å². The van der Waals surface area contributed by atoms with Crippen molar-refractivity contribution >= 4 is 5.91 Å². The van der Waals surface area contributed by atoms with Gasteiger partial charge in [0.25, 0.3) is 17.4 Å². The molecule has 0 fully saturated rings. The second-order valence-corrected chi connectivity index (χ2v) is 9.27. The van der Waals surface area contributed by atoms with Gasteiger partial charge in [-0.05, 0) is 62.1 Å². The second kappa shape index (κ2) is 11.4. The Morgan fingerprint density at radius 3 is 2.61 bits per heavy atom. The van der Waals surface area contributed by atoms with Gasteiger partial charge >= 0.3 is 0 Å². The fourth-order valence-corrected chi connectivity index (χ4v) is 4.10. The molecule has 2 heterocycles. The summed E-state index contributed by atoms with van der Waals surface area (Å²) >= 11 is 0. The molecule has 2 aromatic heterocycles. The molecule has 0 radical (unpaired) electrons. The van der Waals surface area contributed by atoms with Gasteiger partial charge < -0.3 is 19.8 Å². The molecule has 0 atom stereocenters. The Kier molecular flexibility index (Phi) is 7.99. The van der Waals surface area contributed by atoms with Crippen molar-refractivity contribution in [1.29, 1.82) is 0 Å². The number of halogens is 2. The molecule has 0 saturated carbocycles. The Balaban J connectivity index is 1.77. The largest absolute Gasteiger partial charge is 0.506 e. The van der Waals surface area contributed by atoms with Crippen LogP contribution in [0.25, 0.3) is 22.6 Å². The van der Waals surface area contributed by atoms with Gasteiger partial charge in [-0.3, -0.25) is 9.59 Å². The number of aromatic nitrogens is 3. The van der Waals surface area contributed by atoms with Gasteiger partial charge in [-0.25, -0.2) is 8.78 Å². The van der Waals surface area contributed by atoms with E-state index in [1.54, 1.807) is 24.3 Å². The lowest BCUT2D eigenvalue weighted by Gasteiger charge is -2.15. The van der Waals surface area contributed by atoms with Crippen LogP contribution in [-0.2, 0) is 12.8 Å². The summed E-state index contributed by atoms with van der Waals surface area (Å²) in [7, 11) is 0. The molecule has 0 aliphatic carbocycles. The number of nitrogens with zero attached hydrogens (tertiary/aromatic N) is 2. The summed E-state index contributed by atoms with van der Waals surface area (Å²) < 4.78 is 32.5. The maximum Gasteiger partial charge on any atom is 0.264 e. The molecule has 4 aromatic rings. The van der Waals surface area contributed by atoms with Crippen molar-refractivity contribution in [3.05, 3.63) is 87.2 Å². The maximum atomic E-state index is 13.6. The van der Waals surface area contributed by atoms with Crippen molar-refractivity contribution in [2.24, 2.45) is 0 Å². The number of hydrogen-bond donors (Lipinski definition) is 3. The molecular formula is C28H28F2N4O4. The molecule has 0 spiro atoms. The van der Waals surface area contributed by atoms with E-state index in [2.05, 4.69) is 20.5 Å². The number of carbonyl (C=O) groups is 1. The summed E-state index contributed by atoms with van der Waals surface area (Å²) in [6.07, 6.45) is 2.10. The van der Waals surface area contributed by atoms with Crippen LogP contribution in [0.15, 0.2) is 51.7 Å². The number of rotatable bonds is 9. The highest BCUT2D eigenvalue weighted by Crippen LogP contribution is 2.38. The van der Waals surface area contributed by atoms with Crippen molar-refractivity contribution in [2.45, 2.75) is 52.5 Å². The number of H-pyrrole nitrogens is 1. The number of pyridine rings is 1. The van der Waals surface area contributed by atoms with Crippen molar-refractivity contribution in [3.8, 4) is 28.3 Å². The van der Waals surface area contributed by atoms with Crippen molar-refractivity contribution in [1.82, 2.24) is 20.5 Å². The summed E-state index contributed by atoms with van der Waals surface area (Å²) in [4.78, 5) is 28.5. The molecule has 198 valence electrons. The molecule has 0 saturated heterocycles. The van der Waals surface area contributed by atoms with Gasteiger partial charge in [-0.1, -0.05) is 31.5 Å². The zero-order valence-corrected chi connectivity index (χ0v) is 21.3. The zero-order chi connectivity index (χ0) is 27.4. The molecule has 0 unspecified atom stereocenters. The third kappa shape index (κ3) is 5.80. The van der Waals surface area contributed by atoms with Crippen LogP contribution >= 0.6 is 0 Å². The molecule has 38 heavy (non-hydrogen) atoms. The third-order valence-electron chi connectivity index (χ3n) is 5.90. The smallest absolute Gasteiger partial charge is 0.264 e. The maximum absolute atomic E-state index is 13.6. The fourth-order valence-electron chi connectivity index (χ4n) is 4.10. The minimum Gasteiger partial charge on any atom is -0.506 e. The van der Waals surface area contributed by atoms with E-state index in [1.165, 1.54) is 6.07 Å². The molecule has 1 amide bonds. The van der Waals surface area contributed by atoms with Crippen LogP contribution in [0.4, 0.5) is 8.78 Å². The molecule has 0 bridgehead atoms. The lowest BCUT2D eigenvalue weighted by atomic mass is 9.96. The van der Waals surface area contributed by atoms with Gasteiger partial charge in [0.2, 0.25) is 5.89 Å². The Bertz CT molecular complexity index is 1530. The van der Waals surface area contributed by atoms with Crippen LogP contribution < -0.4 is 10.9 Å². The lowest BCUT2D eigenvalue weighted by molar-refractivity contribution is 0.0943. The third-order valence-corrected chi connectivity index (χ3v) is 5.90. The van der Waals surface area contributed by atoms with Gasteiger partial charge in [0.15, 0.2) is 11.6 Å². The molecule has 8 nitrogen and oxygen atoms in total. The number of aromatic hydroxyl groups is 1. The summed E-state index contributed by atoms with van der Waals surface area (Å²) in [5, 5.41) is 22.0. The highest BCUT2D eigenvalue weighted by Gasteiger charge is 2.24. The predicted molar refractivity (Wildman–Crippen MR) is 138 cm³/mol. The van der Waals surface area contributed by atoms with Crippen molar-refractivity contribution in [3.63, 3.8) is 0 Å². The standard InChI is InChI=1S/C28H28F2N4O4/c1-4-5-9-21-23(17-7-6-8-18(14-17)26(36)31-15(2)3)25(35)24(27(37)32-21)28-34-33-22(38-28)13-16-10-11-19(29)20(30)12-16/h6-8,10-12,14-15H,4-5,9,13H2,1-3H3,(H,31,36)(H2,32,35,37). The zero-order valence-electron chi connectivity index (χ0n) is 21.3. The highest BCUT2D eigenvalue weighted by atomic mass is 19.2. The summed E-state index contributed by atoms with van der Waals surface area (Å²) in [6.45, 7) is 5.72. The first-order chi connectivity index (χ1) is 18.2. The monoisotopic (exact) mass is 522 g/mol. The van der Waals surface area contributed by atoms with E-state index in [-0.39, 0.29) is 41.5 Å². The Morgan fingerprint density at radius 2 is 1.89 bits per heavy atom. The minimum atomic E-state index is -1.01. The van der Waals surface area contributed by atoms with Crippen LogP contribution in [0.5, 0.6) is 5.75 Å². The van der Waals surface area contributed by atoms with Crippen molar-refractivity contribution < 1.29 is 23.1 Å². The van der Waals surface area contributed by atoms with E-state index in [0.29, 0.717) is 34.4 Å². The predicted octanol–water partition coefficient (Wildman–Crippen LogP) is 5.15. The fraction of sp³-hybridized carbons (Fsp3) is 0.286. The van der Waals surface area contributed by atoms with Gasteiger partial charge in [0, 0.05) is 22.9 Å². The van der Waals surface area contributed by atoms with Gasteiger partial charge in [-0.2, -0.15) is 0 Å². The minimum absolute atomic E-state index is 0.00266. The van der Waals surface area contributed by atoms with E-state index >= 15 is 0 Å². The lowest BCUT2D eigenvalue weighted by Crippen LogP contribution is -2.30. The molecule has 10 heteroatoms. The van der Waals surface area contributed by atoms with E-state index in [1.807, 2.05) is 20.8 Å². The van der Waals surface area contributed by atoms with Crippen LogP contribution in [0.3, 0.4) is 0 Å². The summed E-state index contributed by atoms with van der Waals surface area (Å²) in [6, 6.07) is 10.1. The highest BCUT2D eigenvalue weighted by molar-refractivity contribution is 5.96. The Hall–Kier alpha value is -4.34.